The standard InChI is InChI=1S/C61H43NO/c1-42-53-21-11-12-28-60(53)63-61(42)50-20-13-19-49(41-50)45-31-29-43(30-32-45)44-33-37-51(38-34-44)62(59-27-14-18-47-17-5-6-24-56(47)59)52-39-35-48(36-40-52)55-23-8-10-26-58(55)57-25-9-7-22-54(57)46-15-3-2-4-16-46/h2-41H,1H3. The van der Waals surface area contributed by atoms with Gasteiger partial charge in [0.2, 0.25) is 0 Å². The molecular weight excluding hydrogens is 763 g/mol. The molecule has 10 aromatic carbocycles. The van der Waals surface area contributed by atoms with Gasteiger partial charge in [0.05, 0.1) is 5.69 Å². The summed E-state index contributed by atoms with van der Waals surface area (Å²) < 4.78 is 6.31. The molecule has 0 aliphatic rings. The minimum atomic E-state index is 0.919. The quantitative estimate of drug-likeness (QED) is 0.144. The van der Waals surface area contributed by atoms with Gasteiger partial charge >= 0.3 is 0 Å². The van der Waals surface area contributed by atoms with E-state index in [0.717, 1.165) is 50.5 Å². The Hall–Kier alpha value is -8.20. The molecule has 1 heterocycles. The highest BCUT2D eigenvalue weighted by Gasteiger charge is 2.18. The van der Waals surface area contributed by atoms with Crippen LogP contribution in [0.15, 0.2) is 247 Å². The fourth-order valence-electron chi connectivity index (χ4n) is 9.13. The Kier molecular flexibility index (Phi) is 9.80. The van der Waals surface area contributed by atoms with Crippen LogP contribution in [-0.2, 0) is 0 Å². The number of hydrogen-bond donors (Lipinski definition) is 0. The number of rotatable bonds is 9. The first-order chi connectivity index (χ1) is 31.2. The van der Waals surface area contributed by atoms with E-state index in [-0.39, 0.29) is 0 Å². The lowest BCUT2D eigenvalue weighted by Crippen LogP contribution is -2.10. The van der Waals surface area contributed by atoms with Crippen molar-refractivity contribution in [2.45, 2.75) is 6.92 Å². The lowest BCUT2D eigenvalue weighted by Gasteiger charge is -2.27. The topological polar surface area (TPSA) is 16.4 Å². The van der Waals surface area contributed by atoms with Crippen LogP contribution in [0.25, 0.3) is 88.7 Å². The van der Waals surface area contributed by atoms with E-state index in [1.165, 1.54) is 60.8 Å². The third kappa shape index (κ3) is 7.18. The van der Waals surface area contributed by atoms with Gasteiger partial charge in [-0.05, 0) is 110 Å². The molecule has 63 heavy (non-hydrogen) atoms. The van der Waals surface area contributed by atoms with Crippen LogP contribution in [0, 0.1) is 6.92 Å². The van der Waals surface area contributed by atoms with Gasteiger partial charge in [-0.2, -0.15) is 0 Å². The van der Waals surface area contributed by atoms with Gasteiger partial charge in [0.1, 0.15) is 11.3 Å². The maximum atomic E-state index is 6.31. The Morgan fingerprint density at radius 3 is 1.41 bits per heavy atom. The van der Waals surface area contributed by atoms with E-state index in [2.05, 4.69) is 242 Å². The average molecular weight is 806 g/mol. The first-order valence-corrected chi connectivity index (χ1v) is 21.6. The Morgan fingerprint density at radius 1 is 0.317 bits per heavy atom. The van der Waals surface area contributed by atoms with Crippen LogP contribution < -0.4 is 4.90 Å². The van der Waals surface area contributed by atoms with E-state index in [1.54, 1.807) is 0 Å². The predicted molar refractivity (Wildman–Crippen MR) is 266 cm³/mol. The molecule has 0 aliphatic heterocycles. The molecule has 0 unspecified atom stereocenters. The van der Waals surface area contributed by atoms with E-state index >= 15 is 0 Å². The fraction of sp³-hybridized carbons (Fsp3) is 0.0164. The second-order valence-electron chi connectivity index (χ2n) is 16.1. The summed E-state index contributed by atoms with van der Waals surface area (Å²) in [5.41, 5.74) is 18.4. The normalized spacial score (nSPS) is 11.3. The van der Waals surface area contributed by atoms with Crippen molar-refractivity contribution in [2.24, 2.45) is 0 Å². The zero-order valence-electron chi connectivity index (χ0n) is 34.9. The van der Waals surface area contributed by atoms with Crippen LogP contribution in [0.5, 0.6) is 0 Å². The van der Waals surface area contributed by atoms with Crippen LogP contribution in [0.2, 0.25) is 0 Å². The molecule has 0 radical (unpaired) electrons. The molecule has 0 fully saturated rings. The molecule has 0 N–H and O–H groups in total. The molecule has 0 spiro atoms. The molecule has 0 amide bonds. The number of anilines is 3. The van der Waals surface area contributed by atoms with E-state index in [1.807, 2.05) is 12.1 Å². The van der Waals surface area contributed by atoms with Gasteiger partial charge in [-0.25, -0.2) is 0 Å². The van der Waals surface area contributed by atoms with E-state index < -0.39 is 0 Å². The van der Waals surface area contributed by atoms with E-state index in [4.69, 9.17) is 4.42 Å². The van der Waals surface area contributed by atoms with Crippen LogP contribution in [-0.4, -0.2) is 0 Å². The minimum absolute atomic E-state index is 0.919. The van der Waals surface area contributed by atoms with Gasteiger partial charge in [-0.1, -0.05) is 200 Å². The zero-order chi connectivity index (χ0) is 42.1. The number of para-hydroxylation sites is 1. The van der Waals surface area contributed by atoms with Gasteiger partial charge in [-0.3, -0.25) is 0 Å². The van der Waals surface area contributed by atoms with Crippen molar-refractivity contribution in [3.8, 4) is 67.0 Å². The van der Waals surface area contributed by atoms with Gasteiger partial charge in [-0.15, -0.1) is 0 Å². The van der Waals surface area contributed by atoms with Crippen LogP contribution in [0.1, 0.15) is 5.56 Å². The fourth-order valence-corrected chi connectivity index (χ4v) is 9.13. The van der Waals surface area contributed by atoms with Crippen LogP contribution >= 0.6 is 0 Å². The van der Waals surface area contributed by atoms with Gasteiger partial charge in [0, 0.05) is 33.3 Å². The van der Waals surface area contributed by atoms with Gasteiger partial charge < -0.3 is 9.32 Å². The zero-order valence-corrected chi connectivity index (χ0v) is 34.9. The lowest BCUT2D eigenvalue weighted by molar-refractivity contribution is 0.629. The molecule has 2 nitrogen and oxygen atoms in total. The number of nitrogens with zero attached hydrogens (tertiary/aromatic N) is 1. The summed E-state index contributed by atoms with van der Waals surface area (Å²) in [5, 5.41) is 3.56. The first-order valence-electron chi connectivity index (χ1n) is 21.6. The minimum Gasteiger partial charge on any atom is -0.456 e. The van der Waals surface area contributed by atoms with Crippen LogP contribution in [0.4, 0.5) is 17.1 Å². The molecule has 0 aliphatic carbocycles. The summed E-state index contributed by atoms with van der Waals surface area (Å²) >= 11 is 0. The van der Waals surface area contributed by atoms with Crippen molar-refractivity contribution in [1.82, 2.24) is 0 Å². The van der Waals surface area contributed by atoms with Gasteiger partial charge in [0.25, 0.3) is 0 Å². The van der Waals surface area contributed by atoms with Crippen molar-refractivity contribution < 1.29 is 4.42 Å². The van der Waals surface area contributed by atoms with E-state index in [0.29, 0.717) is 0 Å². The number of benzene rings is 10. The third-order valence-corrected chi connectivity index (χ3v) is 12.3. The number of aryl methyl sites for hydroxylation is 1. The van der Waals surface area contributed by atoms with E-state index in [9.17, 15) is 0 Å². The Balaban J connectivity index is 0.917. The molecule has 2 heteroatoms. The molecule has 1 aromatic heterocycles. The summed E-state index contributed by atoms with van der Waals surface area (Å²) in [7, 11) is 0. The highest BCUT2D eigenvalue weighted by molar-refractivity contribution is 5.99. The third-order valence-electron chi connectivity index (χ3n) is 12.3. The maximum absolute atomic E-state index is 6.31. The monoisotopic (exact) mass is 805 g/mol. The van der Waals surface area contributed by atoms with Crippen molar-refractivity contribution >= 4 is 38.8 Å². The van der Waals surface area contributed by atoms with Gasteiger partial charge in [0.15, 0.2) is 0 Å². The SMILES string of the molecule is Cc1c(-c2cccc(-c3ccc(-c4ccc(N(c5ccc(-c6ccccc6-c6ccccc6-c6ccccc6)cc5)c5cccc6ccccc56)cc4)cc3)c2)oc2ccccc12. The number of furan rings is 1. The molecular formula is C61H43NO. The summed E-state index contributed by atoms with van der Waals surface area (Å²) in [5.74, 6) is 0.925. The summed E-state index contributed by atoms with van der Waals surface area (Å²) in [4.78, 5) is 2.38. The maximum Gasteiger partial charge on any atom is 0.138 e. The number of fused-ring (bicyclic) bond motifs is 2. The Bertz CT molecular complexity index is 3370. The molecule has 0 saturated carbocycles. The molecule has 0 saturated heterocycles. The average Bonchev–Trinajstić information content (AvgIpc) is 3.71. The molecule has 0 bridgehead atoms. The predicted octanol–water partition coefficient (Wildman–Crippen LogP) is 17.4. The Morgan fingerprint density at radius 2 is 0.762 bits per heavy atom. The highest BCUT2D eigenvalue weighted by Crippen LogP contribution is 2.43. The molecule has 298 valence electrons. The lowest BCUT2D eigenvalue weighted by atomic mass is 9.89. The largest absolute Gasteiger partial charge is 0.456 e. The first kappa shape index (κ1) is 37.8. The summed E-state index contributed by atoms with van der Waals surface area (Å²) in [6, 6.07) is 87.1. The molecule has 11 aromatic rings. The van der Waals surface area contributed by atoms with Crippen molar-refractivity contribution in [1.29, 1.82) is 0 Å². The summed E-state index contributed by atoms with van der Waals surface area (Å²) in [6.45, 7) is 2.14. The number of hydrogen-bond acceptors (Lipinski definition) is 2. The molecule has 11 rings (SSSR count). The summed E-state index contributed by atoms with van der Waals surface area (Å²) in [6.07, 6.45) is 0. The van der Waals surface area contributed by atoms with Crippen molar-refractivity contribution in [3.63, 3.8) is 0 Å². The second-order valence-corrected chi connectivity index (χ2v) is 16.1. The van der Waals surface area contributed by atoms with Crippen molar-refractivity contribution in [2.75, 3.05) is 4.90 Å². The highest BCUT2D eigenvalue weighted by atomic mass is 16.3. The smallest absolute Gasteiger partial charge is 0.138 e. The van der Waals surface area contributed by atoms with Crippen molar-refractivity contribution in [3.05, 3.63) is 248 Å². The second kappa shape index (κ2) is 16.3. The van der Waals surface area contributed by atoms with Crippen LogP contribution in [0.3, 0.4) is 0 Å². The molecule has 0 atom stereocenters. The Labute approximate surface area is 368 Å².